The Morgan fingerprint density at radius 2 is 2.07 bits per heavy atom. The van der Waals surface area contributed by atoms with Crippen LogP contribution in [0.5, 0.6) is 0 Å². The van der Waals surface area contributed by atoms with Crippen molar-refractivity contribution >= 4 is 0 Å². The van der Waals surface area contributed by atoms with E-state index < -0.39 is 0 Å². The Bertz CT molecular complexity index is 271. The van der Waals surface area contributed by atoms with Crippen molar-refractivity contribution in [2.75, 3.05) is 6.61 Å². The molecule has 1 aromatic rings. The highest BCUT2D eigenvalue weighted by atomic mass is 16.7. The van der Waals surface area contributed by atoms with Crippen molar-refractivity contribution in [2.24, 2.45) is 0 Å². The van der Waals surface area contributed by atoms with Gasteiger partial charge in [0.1, 0.15) is 0 Å². The van der Waals surface area contributed by atoms with Gasteiger partial charge in [-0.05, 0) is 18.9 Å². The van der Waals surface area contributed by atoms with Crippen LogP contribution < -0.4 is 0 Å². The van der Waals surface area contributed by atoms with Gasteiger partial charge in [-0.15, -0.1) is 0 Å². The fraction of sp³-hybridized carbons (Fsp3) is 0.500. The molecule has 2 heteroatoms. The summed E-state index contributed by atoms with van der Waals surface area (Å²) >= 11 is 0. The molecule has 76 valence electrons. The lowest BCUT2D eigenvalue weighted by Crippen LogP contribution is -2.10. The second kappa shape index (κ2) is 4.58. The topological polar surface area (TPSA) is 18.5 Å². The van der Waals surface area contributed by atoms with E-state index in [9.17, 15) is 0 Å². The molecule has 1 unspecified atom stereocenters. The van der Waals surface area contributed by atoms with E-state index in [-0.39, 0.29) is 12.4 Å². The molecular weight excluding hydrogens is 176 g/mol. The molecule has 0 radical (unpaired) electrons. The highest BCUT2D eigenvalue weighted by Gasteiger charge is 2.21. The first-order valence-corrected chi connectivity index (χ1v) is 5.15. The minimum absolute atomic E-state index is 0.00482. The second-order valence-corrected chi connectivity index (χ2v) is 3.73. The van der Waals surface area contributed by atoms with Gasteiger partial charge in [0.05, 0.1) is 12.7 Å². The number of benzene rings is 1. The van der Waals surface area contributed by atoms with Crippen LogP contribution in [0.4, 0.5) is 0 Å². The van der Waals surface area contributed by atoms with E-state index in [2.05, 4.69) is 24.3 Å². The van der Waals surface area contributed by atoms with Crippen LogP contribution in [0.1, 0.15) is 18.9 Å². The van der Waals surface area contributed by atoms with Gasteiger partial charge in [0, 0.05) is 6.42 Å². The Morgan fingerprint density at radius 3 is 2.71 bits per heavy atom. The summed E-state index contributed by atoms with van der Waals surface area (Å²) in [5.41, 5.74) is 1.35. The van der Waals surface area contributed by atoms with E-state index in [1.54, 1.807) is 0 Å². The Morgan fingerprint density at radius 1 is 1.29 bits per heavy atom. The van der Waals surface area contributed by atoms with Crippen LogP contribution >= 0.6 is 0 Å². The van der Waals surface area contributed by atoms with Crippen molar-refractivity contribution in [3.8, 4) is 0 Å². The van der Waals surface area contributed by atoms with Crippen LogP contribution in [0.3, 0.4) is 0 Å². The number of ether oxygens (including phenoxy) is 2. The molecule has 1 aliphatic heterocycles. The molecule has 0 aromatic heterocycles. The first kappa shape index (κ1) is 9.69. The first-order chi connectivity index (χ1) is 6.84. The first-order valence-electron chi connectivity index (χ1n) is 5.15. The standard InChI is InChI=1S/C12H16O2/c1-10-9-13-12(14-10)8-7-11-5-3-2-4-6-11/h2-6,10,12H,7-9H2,1H3/t10?,12-/m0/s1. The molecule has 1 saturated heterocycles. The molecule has 14 heavy (non-hydrogen) atoms. The van der Waals surface area contributed by atoms with Gasteiger partial charge in [-0.1, -0.05) is 30.3 Å². The van der Waals surface area contributed by atoms with Crippen molar-refractivity contribution in [1.29, 1.82) is 0 Å². The minimum Gasteiger partial charge on any atom is -0.350 e. The van der Waals surface area contributed by atoms with Gasteiger partial charge < -0.3 is 9.47 Å². The second-order valence-electron chi connectivity index (χ2n) is 3.73. The van der Waals surface area contributed by atoms with Gasteiger partial charge in [-0.2, -0.15) is 0 Å². The van der Waals surface area contributed by atoms with Crippen molar-refractivity contribution in [3.63, 3.8) is 0 Å². The van der Waals surface area contributed by atoms with E-state index in [1.807, 2.05) is 13.0 Å². The Balaban J connectivity index is 1.78. The molecule has 2 nitrogen and oxygen atoms in total. The molecule has 1 fully saturated rings. The predicted molar refractivity (Wildman–Crippen MR) is 55.1 cm³/mol. The summed E-state index contributed by atoms with van der Waals surface area (Å²) in [6.07, 6.45) is 2.24. The molecule has 2 rings (SSSR count). The van der Waals surface area contributed by atoms with E-state index >= 15 is 0 Å². The molecule has 1 aliphatic rings. The van der Waals surface area contributed by atoms with Crippen molar-refractivity contribution < 1.29 is 9.47 Å². The SMILES string of the molecule is CC1CO[C@H](CCc2ccccc2)O1. The van der Waals surface area contributed by atoms with E-state index in [1.165, 1.54) is 5.56 Å². The van der Waals surface area contributed by atoms with Crippen LogP contribution in [-0.4, -0.2) is 19.0 Å². The van der Waals surface area contributed by atoms with Gasteiger partial charge in [0.2, 0.25) is 0 Å². The average Bonchev–Trinajstić information content (AvgIpc) is 2.63. The third-order valence-electron chi connectivity index (χ3n) is 2.41. The van der Waals surface area contributed by atoms with Crippen LogP contribution in [0.15, 0.2) is 30.3 Å². The number of hydrogen-bond acceptors (Lipinski definition) is 2. The molecule has 0 aliphatic carbocycles. The van der Waals surface area contributed by atoms with Gasteiger partial charge >= 0.3 is 0 Å². The lowest BCUT2D eigenvalue weighted by atomic mass is 10.1. The van der Waals surface area contributed by atoms with E-state index in [0.29, 0.717) is 0 Å². The maximum atomic E-state index is 5.56. The zero-order valence-corrected chi connectivity index (χ0v) is 8.48. The molecule has 0 bridgehead atoms. The Kier molecular flexibility index (Phi) is 3.17. The summed E-state index contributed by atoms with van der Waals surface area (Å²) in [7, 11) is 0. The maximum Gasteiger partial charge on any atom is 0.158 e. The molecule has 0 amide bonds. The molecule has 2 atom stereocenters. The molecule has 1 aromatic carbocycles. The average molecular weight is 192 g/mol. The zero-order valence-electron chi connectivity index (χ0n) is 8.48. The van der Waals surface area contributed by atoms with Crippen molar-refractivity contribution in [3.05, 3.63) is 35.9 Å². The van der Waals surface area contributed by atoms with E-state index in [4.69, 9.17) is 9.47 Å². The summed E-state index contributed by atoms with van der Waals surface area (Å²) in [6.45, 7) is 2.78. The zero-order chi connectivity index (χ0) is 9.80. The predicted octanol–water partition coefficient (Wildman–Crippen LogP) is 2.38. The normalized spacial score (nSPS) is 26.6. The largest absolute Gasteiger partial charge is 0.350 e. The highest BCUT2D eigenvalue weighted by molar-refractivity contribution is 5.14. The van der Waals surface area contributed by atoms with Crippen LogP contribution in [-0.2, 0) is 15.9 Å². The molecule has 0 spiro atoms. The van der Waals surface area contributed by atoms with Crippen LogP contribution in [0.2, 0.25) is 0 Å². The summed E-state index contributed by atoms with van der Waals surface area (Å²) in [5, 5.41) is 0. The summed E-state index contributed by atoms with van der Waals surface area (Å²) in [4.78, 5) is 0. The number of rotatable bonds is 3. The van der Waals surface area contributed by atoms with Gasteiger partial charge in [-0.3, -0.25) is 0 Å². The Hall–Kier alpha value is -0.860. The number of hydrogen-bond donors (Lipinski definition) is 0. The molecule has 1 heterocycles. The van der Waals surface area contributed by atoms with Crippen molar-refractivity contribution in [2.45, 2.75) is 32.2 Å². The highest BCUT2D eigenvalue weighted by Crippen LogP contribution is 2.16. The number of aryl methyl sites for hydroxylation is 1. The quantitative estimate of drug-likeness (QED) is 0.732. The van der Waals surface area contributed by atoms with Gasteiger partial charge in [0.15, 0.2) is 6.29 Å². The fourth-order valence-electron chi connectivity index (χ4n) is 1.66. The fourth-order valence-corrected chi connectivity index (χ4v) is 1.66. The van der Waals surface area contributed by atoms with Crippen LogP contribution in [0, 0.1) is 0 Å². The van der Waals surface area contributed by atoms with Crippen molar-refractivity contribution in [1.82, 2.24) is 0 Å². The summed E-state index contributed by atoms with van der Waals surface area (Å²) in [5.74, 6) is 0. The summed E-state index contributed by atoms with van der Waals surface area (Å²) < 4.78 is 11.0. The third kappa shape index (κ3) is 2.56. The molecular formula is C12H16O2. The Labute approximate surface area is 84.8 Å². The monoisotopic (exact) mass is 192 g/mol. The van der Waals surface area contributed by atoms with E-state index in [0.717, 1.165) is 19.4 Å². The van der Waals surface area contributed by atoms with Gasteiger partial charge in [0.25, 0.3) is 0 Å². The lowest BCUT2D eigenvalue weighted by Gasteiger charge is -2.09. The lowest BCUT2D eigenvalue weighted by molar-refractivity contribution is -0.0587. The third-order valence-corrected chi connectivity index (χ3v) is 2.41. The van der Waals surface area contributed by atoms with Crippen LogP contribution in [0.25, 0.3) is 0 Å². The minimum atomic E-state index is 0.00482. The van der Waals surface area contributed by atoms with Gasteiger partial charge in [-0.25, -0.2) is 0 Å². The molecule has 0 N–H and O–H groups in total. The molecule has 0 saturated carbocycles. The summed E-state index contributed by atoms with van der Waals surface area (Å²) in [6, 6.07) is 10.4. The maximum absolute atomic E-state index is 5.56. The smallest absolute Gasteiger partial charge is 0.158 e.